The van der Waals surface area contributed by atoms with E-state index in [9.17, 15) is 18.4 Å². The van der Waals surface area contributed by atoms with Crippen LogP contribution in [0.2, 0.25) is 0 Å². The lowest BCUT2D eigenvalue weighted by molar-refractivity contribution is 0.0461. The molecule has 0 atom stereocenters. The van der Waals surface area contributed by atoms with Gasteiger partial charge in [-0.25, -0.2) is 18.3 Å². The topological polar surface area (TPSA) is 77.0 Å². The number of H-pyrrole nitrogens is 1. The van der Waals surface area contributed by atoms with Crippen LogP contribution in [0.3, 0.4) is 0 Å². The first-order valence-corrected chi connectivity index (χ1v) is 7.31. The number of para-hydroxylation sites is 1. The molecule has 1 N–H and O–H groups in total. The number of aromatic nitrogens is 3. The van der Waals surface area contributed by atoms with Crippen molar-refractivity contribution in [2.75, 3.05) is 0 Å². The Labute approximate surface area is 141 Å². The zero-order chi connectivity index (χ0) is 18.0. The lowest BCUT2D eigenvalue weighted by atomic mass is 10.2. The van der Waals surface area contributed by atoms with E-state index in [-0.39, 0.29) is 23.8 Å². The van der Waals surface area contributed by atoms with Gasteiger partial charge < -0.3 is 9.72 Å². The average molecular weight is 345 g/mol. The highest BCUT2D eigenvalue weighted by Crippen LogP contribution is 2.17. The third-order valence-corrected chi connectivity index (χ3v) is 3.47. The number of nitrogens with one attached hydrogen (secondary N) is 1. The summed E-state index contributed by atoms with van der Waals surface area (Å²) in [6.45, 7) is 1.20. The Kier molecular flexibility index (Phi) is 4.42. The standard InChI is InChI=1S/C17H13F2N3O3/c1-10(23)11-7-15(20-8-11)17(24)25-9-12-5-6-22(21-12)16-13(18)3-2-4-14(16)19/h2-8,20H,9H2,1H3. The van der Waals surface area contributed by atoms with Crippen molar-refractivity contribution in [3.05, 3.63) is 71.3 Å². The van der Waals surface area contributed by atoms with Gasteiger partial charge in [-0.05, 0) is 31.2 Å². The monoisotopic (exact) mass is 345 g/mol. The zero-order valence-electron chi connectivity index (χ0n) is 13.1. The fraction of sp³-hybridized carbons (Fsp3) is 0.118. The molecule has 25 heavy (non-hydrogen) atoms. The highest BCUT2D eigenvalue weighted by Gasteiger charge is 2.15. The summed E-state index contributed by atoms with van der Waals surface area (Å²) >= 11 is 0. The van der Waals surface area contributed by atoms with Gasteiger partial charge in [-0.15, -0.1) is 0 Å². The summed E-state index contributed by atoms with van der Waals surface area (Å²) in [5.41, 5.74) is 0.501. The van der Waals surface area contributed by atoms with Crippen LogP contribution in [-0.4, -0.2) is 26.5 Å². The van der Waals surface area contributed by atoms with E-state index in [1.165, 1.54) is 37.5 Å². The van der Waals surface area contributed by atoms with E-state index in [2.05, 4.69) is 10.1 Å². The molecule has 0 spiro atoms. The molecule has 0 aliphatic heterocycles. The van der Waals surface area contributed by atoms with Crippen molar-refractivity contribution in [3.63, 3.8) is 0 Å². The number of nitrogens with zero attached hydrogens (tertiary/aromatic N) is 2. The maximum Gasteiger partial charge on any atom is 0.355 e. The first kappa shape index (κ1) is 16.6. The lowest BCUT2D eigenvalue weighted by Gasteiger charge is -2.04. The Hall–Kier alpha value is -3.29. The van der Waals surface area contributed by atoms with Crippen LogP contribution in [0.5, 0.6) is 0 Å². The van der Waals surface area contributed by atoms with Crippen LogP contribution in [0.15, 0.2) is 42.7 Å². The Bertz CT molecular complexity index is 926. The van der Waals surface area contributed by atoms with Gasteiger partial charge in [0.05, 0.1) is 0 Å². The van der Waals surface area contributed by atoms with Gasteiger partial charge in [-0.3, -0.25) is 4.79 Å². The summed E-state index contributed by atoms with van der Waals surface area (Å²) in [5.74, 6) is -2.36. The van der Waals surface area contributed by atoms with Crippen molar-refractivity contribution in [2.24, 2.45) is 0 Å². The van der Waals surface area contributed by atoms with Gasteiger partial charge in [-0.2, -0.15) is 5.10 Å². The van der Waals surface area contributed by atoms with E-state index >= 15 is 0 Å². The number of Topliss-reactive ketones (excluding diaryl/α,β-unsaturated/α-hetero) is 1. The first-order valence-electron chi connectivity index (χ1n) is 7.31. The average Bonchev–Trinajstić information content (AvgIpc) is 3.22. The van der Waals surface area contributed by atoms with E-state index in [1.54, 1.807) is 0 Å². The number of ether oxygens (including phenoxy) is 1. The minimum Gasteiger partial charge on any atom is -0.454 e. The molecule has 3 aromatic rings. The van der Waals surface area contributed by atoms with Gasteiger partial charge in [0.2, 0.25) is 0 Å². The van der Waals surface area contributed by atoms with Crippen molar-refractivity contribution in [3.8, 4) is 5.69 Å². The number of rotatable bonds is 5. The molecule has 6 nitrogen and oxygen atoms in total. The van der Waals surface area contributed by atoms with Crippen LogP contribution in [0.1, 0.15) is 33.5 Å². The molecule has 128 valence electrons. The summed E-state index contributed by atoms with van der Waals surface area (Å²) in [4.78, 5) is 25.8. The number of hydrogen-bond acceptors (Lipinski definition) is 4. The van der Waals surface area contributed by atoms with E-state index in [1.807, 2.05) is 0 Å². The number of esters is 1. The van der Waals surface area contributed by atoms with Crippen molar-refractivity contribution in [1.82, 2.24) is 14.8 Å². The molecule has 0 radical (unpaired) electrons. The minimum atomic E-state index is -0.755. The smallest absolute Gasteiger partial charge is 0.355 e. The second-order valence-corrected chi connectivity index (χ2v) is 5.26. The molecule has 1 aromatic carbocycles. The summed E-state index contributed by atoms with van der Waals surface area (Å²) in [5, 5.41) is 4.00. The van der Waals surface area contributed by atoms with Crippen LogP contribution in [0.25, 0.3) is 5.69 Å². The third-order valence-electron chi connectivity index (χ3n) is 3.47. The molecule has 0 aliphatic rings. The maximum atomic E-state index is 13.7. The van der Waals surface area contributed by atoms with Crippen LogP contribution in [-0.2, 0) is 11.3 Å². The Morgan fingerprint density at radius 3 is 2.60 bits per heavy atom. The quantitative estimate of drug-likeness (QED) is 0.570. The van der Waals surface area contributed by atoms with Gasteiger partial charge in [0.1, 0.15) is 23.7 Å². The lowest BCUT2D eigenvalue weighted by Crippen LogP contribution is -2.07. The Morgan fingerprint density at radius 1 is 1.24 bits per heavy atom. The Morgan fingerprint density at radius 2 is 1.96 bits per heavy atom. The van der Waals surface area contributed by atoms with Crippen LogP contribution >= 0.6 is 0 Å². The van der Waals surface area contributed by atoms with E-state index in [4.69, 9.17) is 4.74 Å². The van der Waals surface area contributed by atoms with E-state index < -0.39 is 17.6 Å². The number of carbonyl (C=O) groups is 2. The number of halogens is 2. The molecule has 0 saturated carbocycles. The van der Waals surface area contributed by atoms with Crippen molar-refractivity contribution in [2.45, 2.75) is 13.5 Å². The summed E-state index contributed by atoms with van der Waals surface area (Å²) in [7, 11) is 0. The third kappa shape index (κ3) is 3.47. The fourth-order valence-electron chi connectivity index (χ4n) is 2.20. The molecule has 2 heterocycles. The molecule has 8 heteroatoms. The molecule has 0 saturated heterocycles. The predicted octanol–water partition coefficient (Wildman–Crippen LogP) is 3.04. The van der Waals surface area contributed by atoms with Crippen molar-refractivity contribution < 1.29 is 23.1 Å². The van der Waals surface area contributed by atoms with Crippen LogP contribution in [0, 0.1) is 11.6 Å². The largest absolute Gasteiger partial charge is 0.454 e. The van der Waals surface area contributed by atoms with Crippen LogP contribution in [0.4, 0.5) is 8.78 Å². The normalized spacial score (nSPS) is 10.7. The van der Waals surface area contributed by atoms with Crippen molar-refractivity contribution in [1.29, 1.82) is 0 Å². The van der Waals surface area contributed by atoms with Gasteiger partial charge in [0, 0.05) is 18.0 Å². The number of ketones is 1. The second-order valence-electron chi connectivity index (χ2n) is 5.26. The summed E-state index contributed by atoms with van der Waals surface area (Å²) in [6.07, 6.45) is 2.78. The van der Waals surface area contributed by atoms with Gasteiger partial charge in [-0.1, -0.05) is 6.07 Å². The summed E-state index contributed by atoms with van der Waals surface area (Å²) < 4.78 is 33.6. The molecule has 0 fully saturated rings. The number of aromatic amines is 1. The van der Waals surface area contributed by atoms with Gasteiger partial charge in [0.25, 0.3) is 0 Å². The van der Waals surface area contributed by atoms with E-state index in [0.29, 0.717) is 11.3 Å². The van der Waals surface area contributed by atoms with Gasteiger partial charge >= 0.3 is 5.97 Å². The molecule has 0 aliphatic carbocycles. The van der Waals surface area contributed by atoms with E-state index in [0.717, 1.165) is 16.8 Å². The molecular formula is C17H13F2N3O3. The molecule has 3 rings (SSSR count). The summed E-state index contributed by atoms with van der Waals surface area (Å²) in [6, 6.07) is 6.37. The second kappa shape index (κ2) is 6.68. The number of benzene rings is 1. The number of hydrogen-bond donors (Lipinski definition) is 1. The minimum absolute atomic E-state index is 0.129. The highest BCUT2D eigenvalue weighted by atomic mass is 19.1. The molecule has 0 bridgehead atoms. The molecule has 2 aromatic heterocycles. The maximum absolute atomic E-state index is 13.7. The Balaban J connectivity index is 1.69. The van der Waals surface area contributed by atoms with Crippen LogP contribution < -0.4 is 0 Å². The molecule has 0 unspecified atom stereocenters. The molecule has 0 amide bonds. The zero-order valence-corrected chi connectivity index (χ0v) is 13.1. The SMILES string of the molecule is CC(=O)c1c[nH]c(C(=O)OCc2ccn(-c3c(F)cccc3F)n2)c1. The fourth-order valence-corrected chi connectivity index (χ4v) is 2.20. The number of carbonyl (C=O) groups excluding carboxylic acids is 2. The van der Waals surface area contributed by atoms with Crippen molar-refractivity contribution >= 4 is 11.8 Å². The first-order chi connectivity index (χ1) is 12.0. The highest BCUT2D eigenvalue weighted by molar-refractivity contribution is 5.97. The molecular weight excluding hydrogens is 332 g/mol. The predicted molar refractivity (Wildman–Crippen MR) is 83.4 cm³/mol. The van der Waals surface area contributed by atoms with Gasteiger partial charge in [0.15, 0.2) is 17.4 Å².